The predicted octanol–water partition coefficient (Wildman–Crippen LogP) is 2.17. The van der Waals surface area contributed by atoms with Gasteiger partial charge in [-0.25, -0.2) is 4.98 Å². The van der Waals surface area contributed by atoms with E-state index in [1.807, 2.05) is 7.05 Å². The molecule has 96 valence electrons. The molecule has 0 saturated heterocycles. The highest BCUT2D eigenvalue weighted by atomic mass is 35.5. The molecule has 1 aliphatic carbocycles. The van der Waals surface area contributed by atoms with Crippen molar-refractivity contribution in [1.29, 1.82) is 5.26 Å². The highest BCUT2D eigenvalue weighted by Crippen LogP contribution is 2.34. The first kappa shape index (κ1) is 13.1. The zero-order chi connectivity index (χ0) is 13.1. The van der Waals surface area contributed by atoms with E-state index in [1.54, 1.807) is 12.3 Å². The first-order valence-corrected chi connectivity index (χ1v) is 6.54. The lowest BCUT2D eigenvalue weighted by atomic mass is 10.0. The third-order valence-electron chi connectivity index (χ3n) is 3.74. The molecule has 0 radical (unpaired) electrons. The average Bonchev–Trinajstić information content (AvgIpc) is 2.86. The fourth-order valence-electron chi connectivity index (χ4n) is 2.72. The van der Waals surface area contributed by atoms with Crippen LogP contribution in [0.5, 0.6) is 0 Å². The summed E-state index contributed by atoms with van der Waals surface area (Å²) in [6, 6.07) is 4.09. The number of hydrogen-bond donors (Lipinski definition) is 1. The third kappa shape index (κ3) is 2.29. The predicted molar refractivity (Wildman–Crippen MR) is 72.5 cm³/mol. The number of rotatable bonds is 3. The summed E-state index contributed by atoms with van der Waals surface area (Å²) in [5.74, 6) is 1.17. The van der Waals surface area contributed by atoms with E-state index < -0.39 is 0 Å². The number of hydrogen-bond acceptors (Lipinski definition) is 4. The molecule has 2 unspecified atom stereocenters. The number of nitriles is 1. The summed E-state index contributed by atoms with van der Waals surface area (Å²) >= 11 is 6.22. The van der Waals surface area contributed by atoms with Gasteiger partial charge in [0.25, 0.3) is 0 Å². The highest BCUT2D eigenvalue weighted by Gasteiger charge is 2.31. The lowest BCUT2D eigenvalue weighted by Gasteiger charge is -2.30. The number of nitrogens with zero attached hydrogens (tertiary/aromatic N) is 3. The van der Waals surface area contributed by atoms with Crippen LogP contribution in [0.1, 0.15) is 24.8 Å². The zero-order valence-electron chi connectivity index (χ0n) is 10.4. The molecule has 1 aromatic heterocycles. The van der Waals surface area contributed by atoms with Gasteiger partial charge < -0.3 is 10.6 Å². The van der Waals surface area contributed by atoms with Gasteiger partial charge in [0.2, 0.25) is 0 Å². The molecule has 0 bridgehead atoms. The van der Waals surface area contributed by atoms with Gasteiger partial charge in [0.15, 0.2) is 0 Å². The van der Waals surface area contributed by atoms with Crippen LogP contribution in [-0.4, -0.2) is 24.6 Å². The van der Waals surface area contributed by atoms with Gasteiger partial charge in [-0.2, -0.15) is 5.26 Å². The van der Waals surface area contributed by atoms with Crippen molar-refractivity contribution >= 4 is 17.4 Å². The molecule has 1 saturated carbocycles. The number of nitrogens with two attached hydrogens (primary N) is 1. The Bertz CT molecular complexity index is 469. The maximum absolute atomic E-state index is 8.99. The minimum atomic E-state index is 0.369. The lowest BCUT2D eigenvalue weighted by molar-refractivity contribution is 0.472. The molecule has 2 N–H and O–H groups in total. The van der Waals surface area contributed by atoms with Crippen molar-refractivity contribution < 1.29 is 0 Å². The summed E-state index contributed by atoms with van der Waals surface area (Å²) < 4.78 is 0. The van der Waals surface area contributed by atoms with E-state index in [-0.39, 0.29) is 0 Å². The second-order valence-electron chi connectivity index (χ2n) is 4.71. The maximum atomic E-state index is 8.99. The van der Waals surface area contributed by atoms with Gasteiger partial charge in [0, 0.05) is 19.3 Å². The molecule has 18 heavy (non-hydrogen) atoms. The van der Waals surface area contributed by atoms with Gasteiger partial charge >= 0.3 is 0 Å². The second-order valence-corrected chi connectivity index (χ2v) is 5.09. The molecule has 4 nitrogen and oxygen atoms in total. The first-order valence-electron chi connectivity index (χ1n) is 6.16. The minimum absolute atomic E-state index is 0.369. The van der Waals surface area contributed by atoms with Crippen LogP contribution in [0.2, 0.25) is 5.02 Å². The monoisotopic (exact) mass is 264 g/mol. The molecule has 1 heterocycles. The van der Waals surface area contributed by atoms with E-state index >= 15 is 0 Å². The van der Waals surface area contributed by atoms with Crippen LogP contribution in [0.4, 0.5) is 5.82 Å². The standard InChI is InChI=1S/C13H17ClN4/c1-18(11-4-2-3-9(11)7-15)13-12(14)10(8-16)5-6-17-13/h5-6,9,11H,2-4,7,15H2,1H3. The Morgan fingerprint density at radius 3 is 3.06 bits per heavy atom. The second kappa shape index (κ2) is 5.55. The molecule has 0 aliphatic heterocycles. The Hall–Kier alpha value is -1.31. The van der Waals surface area contributed by atoms with E-state index in [2.05, 4.69) is 16.0 Å². The Morgan fingerprint density at radius 2 is 2.39 bits per heavy atom. The Balaban J connectivity index is 2.29. The number of pyridine rings is 1. The number of aromatic nitrogens is 1. The summed E-state index contributed by atoms with van der Waals surface area (Å²) in [5, 5.41) is 9.42. The quantitative estimate of drug-likeness (QED) is 0.909. The molecule has 2 rings (SSSR count). The topological polar surface area (TPSA) is 65.9 Å². The molecule has 0 spiro atoms. The van der Waals surface area contributed by atoms with Gasteiger partial charge in [-0.15, -0.1) is 0 Å². The van der Waals surface area contributed by atoms with Crippen molar-refractivity contribution in [2.75, 3.05) is 18.5 Å². The average molecular weight is 265 g/mol. The Kier molecular flexibility index (Phi) is 4.05. The summed E-state index contributed by atoms with van der Waals surface area (Å²) in [5.41, 5.74) is 6.27. The van der Waals surface area contributed by atoms with E-state index in [1.165, 1.54) is 6.42 Å². The smallest absolute Gasteiger partial charge is 0.148 e. The third-order valence-corrected chi connectivity index (χ3v) is 4.12. The summed E-state index contributed by atoms with van der Waals surface area (Å²) in [6.45, 7) is 0.685. The van der Waals surface area contributed by atoms with Gasteiger partial charge in [-0.3, -0.25) is 0 Å². The molecule has 1 aliphatic rings. The van der Waals surface area contributed by atoms with Crippen molar-refractivity contribution in [3.63, 3.8) is 0 Å². The molecule has 0 amide bonds. The fourth-order valence-corrected chi connectivity index (χ4v) is 3.01. The van der Waals surface area contributed by atoms with E-state index in [9.17, 15) is 0 Å². The van der Waals surface area contributed by atoms with Gasteiger partial charge in [-0.1, -0.05) is 18.0 Å². The van der Waals surface area contributed by atoms with Crippen LogP contribution in [0.25, 0.3) is 0 Å². The van der Waals surface area contributed by atoms with Crippen LogP contribution in [0, 0.1) is 17.2 Å². The van der Waals surface area contributed by atoms with E-state index in [0.29, 0.717) is 34.9 Å². The van der Waals surface area contributed by atoms with Crippen LogP contribution in [0.15, 0.2) is 12.3 Å². The van der Waals surface area contributed by atoms with E-state index in [0.717, 1.165) is 12.8 Å². The SMILES string of the molecule is CN(c1nccc(C#N)c1Cl)C1CCCC1CN. The zero-order valence-corrected chi connectivity index (χ0v) is 11.2. The number of anilines is 1. The van der Waals surface area contributed by atoms with E-state index in [4.69, 9.17) is 22.6 Å². The van der Waals surface area contributed by atoms with Crippen molar-refractivity contribution in [2.24, 2.45) is 11.7 Å². The minimum Gasteiger partial charge on any atom is -0.355 e. The van der Waals surface area contributed by atoms with Gasteiger partial charge in [0.05, 0.1) is 5.56 Å². The number of halogens is 1. The van der Waals surface area contributed by atoms with Crippen LogP contribution in [-0.2, 0) is 0 Å². The Labute approximate surface area is 112 Å². The molecular formula is C13H17ClN4. The summed E-state index contributed by atoms with van der Waals surface area (Å²) in [7, 11) is 1.98. The molecular weight excluding hydrogens is 248 g/mol. The molecule has 5 heteroatoms. The molecule has 2 atom stereocenters. The fraction of sp³-hybridized carbons (Fsp3) is 0.538. The van der Waals surface area contributed by atoms with Crippen molar-refractivity contribution in [3.8, 4) is 6.07 Å². The lowest BCUT2D eigenvalue weighted by Crippen LogP contribution is -2.38. The summed E-state index contributed by atoms with van der Waals surface area (Å²) in [4.78, 5) is 6.38. The summed E-state index contributed by atoms with van der Waals surface area (Å²) in [6.07, 6.45) is 5.07. The first-order chi connectivity index (χ1) is 8.69. The normalized spacial score (nSPS) is 22.8. The molecule has 1 fully saturated rings. The largest absolute Gasteiger partial charge is 0.355 e. The van der Waals surface area contributed by atoms with Crippen LogP contribution >= 0.6 is 11.6 Å². The van der Waals surface area contributed by atoms with Crippen molar-refractivity contribution in [2.45, 2.75) is 25.3 Å². The van der Waals surface area contributed by atoms with Gasteiger partial charge in [-0.05, 0) is 31.4 Å². The van der Waals surface area contributed by atoms with Gasteiger partial charge in [0.1, 0.15) is 16.9 Å². The highest BCUT2D eigenvalue weighted by molar-refractivity contribution is 6.34. The van der Waals surface area contributed by atoms with Crippen molar-refractivity contribution in [3.05, 3.63) is 22.8 Å². The molecule has 0 aromatic carbocycles. The van der Waals surface area contributed by atoms with Crippen molar-refractivity contribution in [1.82, 2.24) is 4.98 Å². The Morgan fingerprint density at radius 1 is 1.61 bits per heavy atom. The van der Waals surface area contributed by atoms with Crippen LogP contribution < -0.4 is 10.6 Å². The van der Waals surface area contributed by atoms with Crippen LogP contribution in [0.3, 0.4) is 0 Å². The maximum Gasteiger partial charge on any atom is 0.148 e. The molecule has 1 aromatic rings.